The lowest BCUT2D eigenvalue weighted by atomic mass is 10.1. The molecule has 1 unspecified atom stereocenters. The second-order valence-electron chi connectivity index (χ2n) is 7.10. The van der Waals surface area contributed by atoms with Crippen LogP contribution in [0, 0.1) is 20.8 Å². The van der Waals surface area contributed by atoms with E-state index in [-0.39, 0.29) is 24.3 Å². The van der Waals surface area contributed by atoms with Crippen LogP contribution in [-0.2, 0) is 13.2 Å². The first-order valence-electron chi connectivity index (χ1n) is 9.50. The Hall–Kier alpha value is -3.02. The molecule has 1 atom stereocenters. The highest BCUT2D eigenvalue weighted by molar-refractivity contribution is 5.91. The van der Waals surface area contributed by atoms with Crippen LogP contribution in [0.5, 0.6) is 5.75 Å². The number of amides is 1. The molecular formula is C22H27N3O3. The monoisotopic (exact) mass is 381 g/mol. The first kappa shape index (κ1) is 19.7. The molecule has 0 aliphatic rings. The van der Waals surface area contributed by atoms with Crippen LogP contribution in [-0.4, -0.2) is 15.7 Å². The SMILES string of the molecule is CCn1cc(C(C)NC(=O)c2ccc(COc3cc(C)cc(C)c3)o2)c(C)n1. The molecule has 2 aromatic heterocycles. The van der Waals surface area contributed by atoms with Gasteiger partial charge in [-0.15, -0.1) is 0 Å². The van der Waals surface area contributed by atoms with E-state index in [4.69, 9.17) is 9.15 Å². The van der Waals surface area contributed by atoms with E-state index in [1.54, 1.807) is 12.1 Å². The Kier molecular flexibility index (Phi) is 5.87. The first-order chi connectivity index (χ1) is 13.4. The number of aromatic nitrogens is 2. The van der Waals surface area contributed by atoms with Crippen molar-refractivity contribution in [3.63, 3.8) is 0 Å². The summed E-state index contributed by atoms with van der Waals surface area (Å²) in [6.07, 6.45) is 1.96. The molecule has 0 saturated carbocycles. The van der Waals surface area contributed by atoms with Gasteiger partial charge in [0.1, 0.15) is 18.1 Å². The Morgan fingerprint density at radius 3 is 2.57 bits per heavy atom. The molecule has 1 N–H and O–H groups in total. The molecule has 6 nitrogen and oxygen atoms in total. The van der Waals surface area contributed by atoms with Crippen LogP contribution in [0.3, 0.4) is 0 Å². The number of aryl methyl sites for hydroxylation is 4. The summed E-state index contributed by atoms with van der Waals surface area (Å²) in [5.74, 6) is 1.41. The zero-order valence-electron chi connectivity index (χ0n) is 17.1. The van der Waals surface area contributed by atoms with E-state index in [9.17, 15) is 4.79 Å². The Morgan fingerprint density at radius 1 is 1.21 bits per heavy atom. The second-order valence-corrected chi connectivity index (χ2v) is 7.10. The third-order valence-electron chi connectivity index (χ3n) is 4.58. The summed E-state index contributed by atoms with van der Waals surface area (Å²) in [6.45, 7) is 11.0. The molecule has 0 spiro atoms. The number of ether oxygens (including phenoxy) is 1. The third-order valence-corrected chi connectivity index (χ3v) is 4.58. The van der Waals surface area contributed by atoms with Gasteiger partial charge in [0.15, 0.2) is 5.76 Å². The molecule has 3 rings (SSSR count). The van der Waals surface area contributed by atoms with E-state index in [2.05, 4.69) is 16.5 Å². The first-order valence-corrected chi connectivity index (χ1v) is 9.50. The van der Waals surface area contributed by atoms with Crippen molar-refractivity contribution in [2.75, 3.05) is 0 Å². The Morgan fingerprint density at radius 2 is 1.93 bits per heavy atom. The fourth-order valence-electron chi connectivity index (χ4n) is 3.21. The van der Waals surface area contributed by atoms with Gasteiger partial charge in [0.2, 0.25) is 0 Å². The normalized spacial score (nSPS) is 12.0. The van der Waals surface area contributed by atoms with E-state index >= 15 is 0 Å². The quantitative estimate of drug-likeness (QED) is 0.655. The lowest BCUT2D eigenvalue weighted by Gasteiger charge is -2.12. The fraction of sp³-hybridized carbons (Fsp3) is 0.364. The van der Waals surface area contributed by atoms with Crippen LogP contribution in [0.15, 0.2) is 40.9 Å². The number of benzene rings is 1. The van der Waals surface area contributed by atoms with Gasteiger partial charge in [0.05, 0.1) is 11.7 Å². The molecule has 3 aromatic rings. The lowest BCUT2D eigenvalue weighted by molar-refractivity contribution is 0.0907. The Labute approximate surface area is 165 Å². The molecule has 0 bridgehead atoms. The van der Waals surface area contributed by atoms with Crippen molar-refractivity contribution in [1.82, 2.24) is 15.1 Å². The van der Waals surface area contributed by atoms with E-state index < -0.39 is 0 Å². The van der Waals surface area contributed by atoms with Gasteiger partial charge in [-0.05, 0) is 70.0 Å². The average molecular weight is 381 g/mol. The van der Waals surface area contributed by atoms with Crippen molar-refractivity contribution in [3.8, 4) is 5.75 Å². The maximum absolute atomic E-state index is 12.5. The predicted octanol–water partition coefficient (Wildman–Crippen LogP) is 4.49. The summed E-state index contributed by atoms with van der Waals surface area (Å²) in [6, 6.07) is 9.32. The minimum Gasteiger partial charge on any atom is -0.486 e. The summed E-state index contributed by atoms with van der Waals surface area (Å²) >= 11 is 0. The molecule has 0 saturated heterocycles. The minimum atomic E-state index is -0.256. The van der Waals surface area contributed by atoms with Crippen molar-refractivity contribution in [1.29, 1.82) is 0 Å². The standard InChI is InChI=1S/C22H27N3O3/c1-6-25-12-20(17(5)24-25)16(4)23-22(26)21-8-7-18(28-21)13-27-19-10-14(2)9-15(3)11-19/h7-12,16H,6,13H2,1-5H3,(H,23,26). The molecule has 0 fully saturated rings. The van der Waals surface area contributed by atoms with Crippen LogP contribution >= 0.6 is 0 Å². The summed E-state index contributed by atoms with van der Waals surface area (Å²) < 4.78 is 13.3. The van der Waals surface area contributed by atoms with Gasteiger partial charge in [0.25, 0.3) is 5.91 Å². The van der Waals surface area contributed by atoms with Crippen molar-refractivity contribution in [3.05, 3.63) is 70.4 Å². The topological polar surface area (TPSA) is 69.3 Å². The van der Waals surface area contributed by atoms with Gasteiger partial charge in [-0.25, -0.2) is 0 Å². The fourth-order valence-corrected chi connectivity index (χ4v) is 3.21. The number of nitrogens with zero attached hydrogens (tertiary/aromatic N) is 2. The van der Waals surface area contributed by atoms with Crippen LogP contribution < -0.4 is 10.1 Å². The summed E-state index contributed by atoms with van der Waals surface area (Å²) in [5.41, 5.74) is 4.20. The van der Waals surface area contributed by atoms with E-state index in [0.717, 1.165) is 34.7 Å². The molecule has 0 aliphatic heterocycles. The number of nitrogens with one attached hydrogen (secondary N) is 1. The molecule has 2 heterocycles. The zero-order chi connectivity index (χ0) is 20.3. The van der Waals surface area contributed by atoms with Crippen LogP contribution in [0.2, 0.25) is 0 Å². The lowest BCUT2D eigenvalue weighted by Crippen LogP contribution is -2.26. The number of carbonyl (C=O) groups is 1. The summed E-state index contributed by atoms with van der Waals surface area (Å²) in [7, 11) is 0. The zero-order valence-corrected chi connectivity index (χ0v) is 17.1. The number of hydrogen-bond donors (Lipinski definition) is 1. The number of rotatable bonds is 7. The largest absolute Gasteiger partial charge is 0.486 e. The van der Waals surface area contributed by atoms with Gasteiger partial charge in [-0.1, -0.05) is 6.07 Å². The van der Waals surface area contributed by atoms with E-state index in [1.807, 2.05) is 57.6 Å². The van der Waals surface area contributed by atoms with Crippen molar-refractivity contribution in [2.45, 2.75) is 53.8 Å². The predicted molar refractivity (Wildman–Crippen MR) is 107 cm³/mol. The van der Waals surface area contributed by atoms with Crippen LogP contribution in [0.1, 0.15) is 58.6 Å². The maximum Gasteiger partial charge on any atom is 0.287 e. The number of furan rings is 1. The van der Waals surface area contributed by atoms with Crippen LogP contribution in [0.25, 0.3) is 0 Å². The molecule has 148 valence electrons. The number of hydrogen-bond acceptors (Lipinski definition) is 4. The van der Waals surface area contributed by atoms with Crippen molar-refractivity contribution >= 4 is 5.91 Å². The van der Waals surface area contributed by atoms with E-state index in [1.165, 1.54) is 0 Å². The van der Waals surface area contributed by atoms with Crippen molar-refractivity contribution in [2.24, 2.45) is 0 Å². The van der Waals surface area contributed by atoms with Gasteiger partial charge >= 0.3 is 0 Å². The van der Waals surface area contributed by atoms with Crippen LogP contribution in [0.4, 0.5) is 0 Å². The average Bonchev–Trinajstić information content (AvgIpc) is 3.25. The summed E-state index contributed by atoms with van der Waals surface area (Å²) in [5, 5.41) is 7.39. The Bertz CT molecular complexity index is 951. The molecule has 28 heavy (non-hydrogen) atoms. The summed E-state index contributed by atoms with van der Waals surface area (Å²) in [4.78, 5) is 12.5. The second kappa shape index (κ2) is 8.33. The highest BCUT2D eigenvalue weighted by atomic mass is 16.5. The van der Waals surface area contributed by atoms with Gasteiger partial charge in [-0.2, -0.15) is 5.10 Å². The highest BCUT2D eigenvalue weighted by Gasteiger charge is 2.18. The van der Waals surface area contributed by atoms with Crippen molar-refractivity contribution < 1.29 is 13.9 Å². The van der Waals surface area contributed by atoms with Gasteiger partial charge < -0.3 is 14.5 Å². The smallest absolute Gasteiger partial charge is 0.287 e. The van der Waals surface area contributed by atoms with Gasteiger partial charge in [-0.3, -0.25) is 9.48 Å². The maximum atomic E-state index is 12.5. The van der Waals surface area contributed by atoms with Gasteiger partial charge in [0, 0.05) is 18.3 Å². The number of carbonyl (C=O) groups excluding carboxylic acids is 1. The molecule has 0 aliphatic carbocycles. The third kappa shape index (κ3) is 4.63. The molecule has 1 aromatic carbocycles. The molecular weight excluding hydrogens is 354 g/mol. The molecule has 6 heteroatoms. The molecule has 1 amide bonds. The molecule has 0 radical (unpaired) electrons. The highest BCUT2D eigenvalue weighted by Crippen LogP contribution is 2.20. The Balaban J connectivity index is 1.61. The van der Waals surface area contributed by atoms with E-state index in [0.29, 0.717) is 5.76 Å². The minimum absolute atomic E-state index is 0.159.